The van der Waals surface area contributed by atoms with Gasteiger partial charge in [-0.2, -0.15) is 0 Å². The van der Waals surface area contributed by atoms with Crippen LogP contribution < -0.4 is 0 Å². The summed E-state index contributed by atoms with van der Waals surface area (Å²) in [7, 11) is 0. The molecule has 0 bridgehead atoms. The Morgan fingerprint density at radius 3 is 0.793 bits per heavy atom. The third-order valence-corrected chi connectivity index (χ3v) is 14.9. The molecule has 0 aromatic carbocycles. The number of ether oxygens (including phenoxy) is 2. The zero-order valence-electron chi connectivity index (χ0n) is 53.7. The molecule has 0 aromatic rings. The molecule has 1 N–H and O–H groups in total. The molecule has 0 saturated heterocycles. The molecule has 0 heterocycles. The molecule has 0 aromatic heterocycles. The van der Waals surface area contributed by atoms with E-state index in [2.05, 4.69) is 148 Å². The summed E-state index contributed by atoms with van der Waals surface area (Å²) in [6.45, 7) is 4.02. The molecule has 468 valence electrons. The highest BCUT2D eigenvalue weighted by Gasteiger charge is 2.16. The second-order valence-corrected chi connectivity index (χ2v) is 22.9. The lowest BCUT2D eigenvalue weighted by molar-refractivity contribution is -0.161. The lowest BCUT2D eigenvalue weighted by Gasteiger charge is -2.15. The third-order valence-electron chi connectivity index (χ3n) is 14.9. The van der Waals surface area contributed by atoms with E-state index in [4.69, 9.17) is 9.47 Å². The van der Waals surface area contributed by atoms with Crippen molar-refractivity contribution in [1.29, 1.82) is 0 Å². The molecular weight excluding hydrogens is 1000 g/mol. The minimum Gasteiger partial charge on any atom is -0.462 e. The number of unbranched alkanes of at least 4 members (excludes halogenated alkanes) is 33. The predicted molar refractivity (Wildman–Crippen MR) is 361 cm³/mol. The van der Waals surface area contributed by atoms with Gasteiger partial charge in [-0.05, 0) is 116 Å². The number of carbonyl (C=O) groups excluding carboxylic acids is 2. The lowest BCUT2D eigenvalue weighted by atomic mass is 10.0. The highest BCUT2D eigenvalue weighted by Crippen LogP contribution is 2.17. The van der Waals surface area contributed by atoms with Crippen LogP contribution in [-0.2, 0) is 19.1 Å². The van der Waals surface area contributed by atoms with Gasteiger partial charge in [0.1, 0.15) is 6.61 Å². The van der Waals surface area contributed by atoms with Gasteiger partial charge in [0.15, 0.2) is 6.10 Å². The fraction of sp³-hybridized carbons (Fsp3) is 0.688. The van der Waals surface area contributed by atoms with Crippen molar-refractivity contribution in [3.05, 3.63) is 134 Å². The van der Waals surface area contributed by atoms with E-state index in [-0.39, 0.29) is 25.2 Å². The second kappa shape index (κ2) is 71.3. The number of aliphatic hydroxyl groups is 1. The van der Waals surface area contributed by atoms with Crippen molar-refractivity contribution < 1.29 is 24.2 Å². The fourth-order valence-corrected chi connectivity index (χ4v) is 9.76. The van der Waals surface area contributed by atoms with E-state index in [0.29, 0.717) is 12.8 Å². The number of allylic oxidation sites excluding steroid dienone is 22. The zero-order valence-corrected chi connectivity index (χ0v) is 53.7. The number of hydrogen-bond acceptors (Lipinski definition) is 5. The molecule has 1 atom stereocenters. The van der Waals surface area contributed by atoms with Gasteiger partial charge < -0.3 is 14.6 Å². The van der Waals surface area contributed by atoms with Crippen molar-refractivity contribution in [3.63, 3.8) is 0 Å². The van der Waals surface area contributed by atoms with Crippen molar-refractivity contribution in [2.75, 3.05) is 13.2 Å². The summed E-state index contributed by atoms with van der Waals surface area (Å²) in [4.78, 5) is 24.6. The summed E-state index contributed by atoms with van der Waals surface area (Å²) in [5, 5.41) is 9.70. The third kappa shape index (κ3) is 68.5. The predicted octanol–water partition coefficient (Wildman–Crippen LogP) is 24.3. The average molecular weight is 1140 g/mol. The molecule has 0 aliphatic carbocycles. The van der Waals surface area contributed by atoms with Gasteiger partial charge >= 0.3 is 11.9 Å². The van der Waals surface area contributed by atoms with Crippen LogP contribution >= 0.6 is 0 Å². The molecule has 0 fully saturated rings. The largest absolute Gasteiger partial charge is 0.462 e. The monoisotopic (exact) mass is 1130 g/mol. The highest BCUT2D eigenvalue weighted by molar-refractivity contribution is 5.70. The molecule has 0 aliphatic heterocycles. The summed E-state index contributed by atoms with van der Waals surface area (Å²) in [5.74, 6) is -0.604. The highest BCUT2D eigenvalue weighted by atomic mass is 16.6. The Morgan fingerprint density at radius 2 is 0.524 bits per heavy atom. The molecule has 0 rings (SSSR count). The fourth-order valence-electron chi connectivity index (χ4n) is 9.76. The van der Waals surface area contributed by atoms with E-state index in [0.717, 1.165) is 109 Å². The standard InChI is InChI=1S/C77H130O5/c1-3-5-7-9-11-13-15-17-19-21-23-25-27-29-31-33-35-36-37-38-39-40-42-43-45-47-49-51-53-55-57-59-61-63-65-67-69-71-76(79)81-74-75(73-78)82-77(80)72-70-68-66-64-62-60-58-56-54-52-50-48-46-44-41-34-32-30-28-26-24-22-20-18-16-14-12-10-8-6-4-2/h6,8,12,14-15,17-18,20-21,23-24,26-27,29-30,32,41,44,48,50,54,56,75,78H,3-5,7,9-11,13,16,19,22,25,28,31,33-40,42-43,45-47,49,51-53,55,57-74H2,1-2H3/b8-6-,14-12-,17-15-,20-18-,23-21-,26-24-,29-27-,32-30-,44-41-,50-48-,56-54-. The Bertz CT molecular complexity index is 1670. The van der Waals surface area contributed by atoms with E-state index in [9.17, 15) is 14.7 Å². The summed E-state index contributed by atoms with van der Waals surface area (Å²) in [5.41, 5.74) is 0. The van der Waals surface area contributed by atoms with Crippen LogP contribution in [0.5, 0.6) is 0 Å². The van der Waals surface area contributed by atoms with Crippen LogP contribution in [0, 0.1) is 0 Å². The van der Waals surface area contributed by atoms with E-state index in [1.165, 1.54) is 186 Å². The van der Waals surface area contributed by atoms with E-state index in [1.54, 1.807) is 0 Å². The van der Waals surface area contributed by atoms with Gasteiger partial charge in [0, 0.05) is 12.8 Å². The molecule has 0 amide bonds. The molecule has 5 heteroatoms. The summed E-state index contributed by atoms with van der Waals surface area (Å²) in [6.07, 6.45) is 106. The van der Waals surface area contributed by atoms with Crippen LogP contribution in [0.2, 0.25) is 0 Å². The Kier molecular flexibility index (Phi) is 67.9. The van der Waals surface area contributed by atoms with Gasteiger partial charge in [-0.25, -0.2) is 0 Å². The van der Waals surface area contributed by atoms with Crippen LogP contribution in [0.4, 0.5) is 0 Å². The van der Waals surface area contributed by atoms with Gasteiger partial charge in [0.25, 0.3) is 0 Å². The molecule has 0 radical (unpaired) electrons. The van der Waals surface area contributed by atoms with Crippen molar-refractivity contribution in [2.45, 2.75) is 328 Å². The summed E-state index contributed by atoms with van der Waals surface area (Å²) in [6, 6.07) is 0. The van der Waals surface area contributed by atoms with Gasteiger partial charge in [-0.3, -0.25) is 9.59 Å². The first-order chi connectivity index (χ1) is 40.6. The minimum atomic E-state index is -0.790. The molecule has 0 saturated carbocycles. The molecule has 5 nitrogen and oxygen atoms in total. The number of aliphatic hydroxyl groups excluding tert-OH is 1. The maximum absolute atomic E-state index is 12.4. The van der Waals surface area contributed by atoms with E-state index in [1.807, 2.05) is 0 Å². The molecule has 0 aliphatic rings. The summed E-state index contributed by atoms with van der Waals surface area (Å²) >= 11 is 0. The van der Waals surface area contributed by atoms with Crippen molar-refractivity contribution in [3.8, 4) is 0 Å². The molecule has 82 heavy (non-hydrogen) atoms. The second-order valence-electron chi connectivity index (χ2n) is 22.9. The van der Waals surface area contributed by atoms with Crippen molar-refractivity contribution in [1.82, 2.24) is 0 Å². The Balaban J connectivity index is 3.50. The SMILES string of the molecule is CC/C=C\C/C=C\C/C=C\C/C=C\C/C=C\C/C=C\C/C=C\C/C=C\CCCCCCCCC(=O)OC(CO)COC(=O)CCCCCCCCCCCCCCCCCCCCCCCC/C=C\C/C=C\C/C=C\CCCCCCC. The molecular formula is C77H130O5. The average Bonchev–Trinajstić information content (AvgIpc) is 3.49. The normalized spacial score (nSPS) is 13.1. The minimum absolute atomic E-state index is 0.0766. The topological polar surface area (TPSA) is 72.8 Å². The Morgan fingerprint density at radius 1 is 0.293 bits per heavy atom. The number of hydrogen-bond donors (Lipinski definition) is 1. The van der Waals surface area contributed by atoms with Gasteiger partial charge in [0.2, 0.25) is 0 Å². The van der Waals surface area contributed by atoms with E-state index >= 15 is 0 Å². The molecule has 0 spiro atoms. The first-order valence-electron chi connectivity index (χ1n) is 34.7. The van der Waals surface area contributed by atoms with E-state index < -0.39 is 6.10 Å². The van der Waals surface area contributed by atoms with Crippen molar-refractivity contribution >= 4 is 11.9 Å². The maximum Gasteiger partial charge on any atom is 0.306 e. The Labute approximate surface area is 508 Å². The number of rotatable bonds is 63. The summed E-state index contributed by atoms with van der Waals surface area (Å²) < 4.78 is 10.7. The van der Waals surface area contributed by atoms with Crippen LogP contribution in [0.3, 0.4) is 0 Å². The lowest BCUT2D eigenvalue weighted by Crippen LogP contribution is -2.28. The van der Waals surface area contributed by atoms with Gasteiger partial charge in [-0.1, -0.05) is 327 Å². The van der Waals surface area contributed by atoms with Gasteiger partial charge in [-0.15, -0.1) is 0 Å². The van der Waals surface area contributed by atoms with Crippen LogP contribution in [0.25, 0.3) is 0 Å². The number of carbonyl (C=O) groups is 2. The first kappa shape index (κ1) is 78.0. The van der Waals surface area contributed by atoms with Crippen molar-refractivity contribution in [2.24, 2.45) is 0 Å². The Hall–Kier alpha value is -3.96. The zero-order chi connectivity index (χ0) is 59.1. The van der Waals surface area contributed by atoms with Crippen LogP contribution in [0.15, 0.2) is 134 Å². The first-order valence-corrected chi connectivity index (χ1v) is 34.7. The van der Waals surface area contributed by atoms with Gasteiger partial charge in [0.05, 0.1) is 6.61 Å². The quantitative estimate of drug-likeness (QED) is 0.0373. The smallest absolute Gasteiger partial charge is 0.306 e. The molecule has 1 unspecified atom stereocenters. The maximum atomic E-state index is 12.4. The number of esters is 2. The van der Waals surface area contributed by atoms with Crippen LogP contribution in [-0.4, -0.2) is 36.4 Å². The van der Waals surface area contributed by atoms with Crippen LogP contribution in [0.1, 0.15) is 322 Å².